The van der Waals surface area contributed by atoms with E-state index in [1.54, 1.807) is 0 Å². The van der Waals surface area contributed by atoms with E-state index in [9.17, 15) is 19.0 Å². The number of aliphatic hydroxyl groups is 1. The third kappa shape index (κ3) is 10.1. The van der Waals surface area contributed by atoms with E-state index in [0.717, 1.165) is 0 Å². The summed E-state index contributed by atoms with van der Waals surface area (Å²) in [6, 6.07) is -1.26. The topological polar surface area (TPSA) is 208 Å². The lowest BCUT2D eigenvalue weighted by Gasteiger charge is -2.26. The van der Waals surface area contributed by atoms with Crippen molar-refractivity contribution in [3.05, 3.63) is 0 Å². The van der Waals surface area contributed by atoms with Crippen molar-refractivity contribution in [2.75, 3.05) is 19.1 Å². The number of amides is 1. The van der Waals surface area contributed by atoms with Crippen molar-refractivity contribution in [3.8, 4) is 0 Å². The zero-order valence-electron chi connectivity index (χ0n) is 11.1. The molecule has 11 nitrogen and oxygen atoms in total. The van der Waals surface area contributed by atoms with Gasteiger partial charge in [-0.05, 0) is 12.8 Å². The molecule has 0 fully saturated rings. The number of nitrogens with zero attached hydrogens (tertiary/aromatic N) is 1. The summed E-state index contributed by atoms with van der Waals surface area (Å²) in [6.45, 7) is -0.0460. The van der Waals surface area contributed by atoms with Crippen molar-refractivity contribution in [2.24, 2.45) is 11.5 Å². The number of hydrogen-bond acceptors (Lipinski definition) is 6. The van der Waals surface area contributed by atoms with Crippen LogP contribution in [0.5, 0.6) is 0 Å². The minimum Gasteiger partial charge on any atom is -0.392 e. The molecule has 0 saturated carbocycles. The van der Waals surface area contributed by atoms with Crippen LogP contribution in [0, 0.1) is 0 Å². The Morgan fingerprint density at radius 1 is 1.05 bits per heavy atom. The van der Waals surface area contributed by atoms with Crippen LogP contribution in [0.3, 0.4) is 0 Å². The van der Waals surface area contributed by atoms with Crippen LogP contribution in [-0.4, -0.2) is 66.7 Å². The molecule has 2 atom stereocenters. The number of nitrogens with two attached hydrogens (primary N) is 2. The summed E-state index contributed by atoms with van der Waals surface area (Å²) in [5.41, 5.74) is 10.7. The predicted molar refractivity (Wildman–Crippen MR) is 72.9 cm³/mol. The monoisotopic (exact) mass is 349 g/mol. The van der Waals surface area contributed by atoms with Gasteiger partial charge in [-0.15, -0.1) is 0 Å². The van der Waals surface area contributed by atoms with Crippen LogP contribution in [0.15, 0.2) is 0 Å². The molecule has 0 aromatic carbocycles. The minimum absolute atomic E-state index is 0.0456. The van der Waals surface area contributed by atoms with Crippen LogP contribution in [-0.2, 0) is 13.9 Å². The third-order valence-electron chi connectivity index (χ3n) is 2.42. The molecule has 0 aliphatic rings. The molecule has 1 amide bonds. The quantitative estimate of drug-likeness (QED) is 0.218. The number of carbonyl (C=O) groups excluding carboxylic acids is 1. The average Bonchev–Trinajstić information content (AvgIpc) is 2.30. The second-order valence-corrected chi connectivity index (χ2v) is 7.79. The third-order valence-corrected chi connectivity index (χ3v) is 3.84. The number of rotatable bonds is 9. The molecular weight excluding hydrogens is 328 g/mol. The molecule has 21 heavy (non-hydrogen) atoms. The number of aliphatic hydroxyl groups excluding tert-OH is 1. The molecule has 0 aliphatic heterocycles. The standard InChI is InChI=1S/C8H21N3O8P2/c9-3-6(12)1-2-7(10)8(13)11(4-20(14,15)16)5-21(17,18)19/h6-7,12H,1-5,9-10H2,(H2,14,15,16)(H2,17,18,19)/t6-,7+/m1/s1. The molecule has 0 rings (SSSR count). The van der Waals surface area contributed by atoms with Gasteiger partial charge < -0.3 is 41.0 Å². The second kappa shape index (κ2) is 8.33. The van der Waals surface area contributed by atoms with E-state index in [1.165, 1.54) is 0 Å². The maximum absolute atomic E-state index is 11.9. The zero-order chi connectivity index (χ0) is 16.8. The Balaban J connectivity index is 4.85. The van der Waals surface area contributed by atoms with Crippen molar-refractivity contribution < 1.29 is 38.6 Å². The molecular formula is C8H21N3O8P2. The Labute approximate surface area is 121 Å². The summed E-state index contributed by atoms with van der Waals surface area (Å²) in [4.78, 5) is 47.6. The molecule has 0 bridgehead atoms. The smallest absolute Gasteiger partial charge is 0.344 e. The van der Waals surface area contributed by atoms with Gasteiger partial charge in [-0.1, -0.05) is 0 Å². The highest BCUT2D eigenvalue weighted by Gasteiger charge is 2.32. The van der Waals surface area contributed by atoms with Crippen molar-refractivity contribution in [3.63, 3.8) is 0 Å². The molecule has 0 aliphatic carbocycles. The summed E-state index contributed by atoms with van der Waals surface area (Å²) < 4.78 is 21.8. The largest absolute Gasteiger partial charge is 0.392 e. The van der Waals surface area contributed by atoms with Crippen LogP contribution in [0.25, 0.3) is 0 Å². The molecule has 0 heterocycles. The Hall–Kier alpha value is -0.350. The fourth-order valence-corrected chi connectivity index (χ4v) is 3.00. The Morgan fingerprint density at radius 3 is 1.81 bits per heavy atom. The molecule has 0 radical (unpaired) electrons. The van der Waals surface area contributed by atoms with E-state index in [1.807, 2.05) is 0 Å². The first-order valence-corrected chi connectivity index (χ1v) is 9.47. The highest BCUT2D eigenvalue weighted by Crippen LogP contribution is 2.41. The maximum atomic E-state index is 11.9. The van der Waals surface area contributed by atoms with Crippen molar-refractivity contribution in [2.45, 2.75) is 25.0 Å². The summed E-state index contributed by atoms with van der Waals surface area (Å²) >= 11 is 0. The molecule has 126 valence electrons. The highest BCUT2D eigenvalue weighted by molar-refractivity contribution is 7.52. The molecule has 0 unspecified atom stereocenters. The highest BCUT2D eigenvalue weighted by atomic mass is 31.2. The fourth-order valence-electron chi connectivity index (χ4n) is 1.48. The second-order valence-electron chi connectivity index (χ2n) is 4.56. The van der Waals surface area contributed by atoms with Gasteiger partial charge in [0, 0.05) is 6.54 Å². The Kier molecular flexibility index (Phi) is 8.19. The van der Waals surface area contributed by atoms with Gasteiger partial charge in [-0.3, -0.25) is 13.9 Å². The lowest BCUT2D eigenvalue weighted by molar-refractivity contribution is -0.131. The number of hydrogen-bond donors (Lipinski definition) is 7. The summed E-state index contributed by atoms with van der Waals surface area (Å²) in [7, 11) is -9.42. The maximum Gasteiger partial charge on any atom is 0.344 e. The SMILES string of the molecule is NC[C@H](O)CC[C@H](N)C(=O)N(CP(=O)(O)O)CP(=O)(O)O. The minimum atomic E-state index is -4.71. The lowest BCUT2D eigenvalue weighted by atomic mass is 10.1. The van der Waals surface area contributed by atoms with Crippen LogP contribution in [0.2, 0.25) is 0 Å². The van der Waals surface area contributed by atoms with E-state index in [2.05, 4.69) is 0 Å². The van der Waals surface area contributed by atoms with Gasteiger partial charge in [-0.25, -0.2) is 0 Å². The van der Waals surface area contributed by atoms with Crippen molar-refractivity contribution in [1.29, 1.82) is 0 Å². The molecule has 0 saturated heterocycles. The van der Waals surface area contributed by atoms with Crippen LogP contribution in [0.4, 0.5) is 0 Å². The summed E-state index contributed by atoms with van der Waals surface area (Å²) in [5, 5.41) is 9.25. The first kappa shape index (κ1) is 20.6. The normalized spacial score (nSPS) is 15.6. The molecule has 0 aromatic rings. The van der Waals surface area contributed by atoms with Crippen molar-refractivity contribution in [1.82, 2.24) is 4.90 Å². The van der Waals surface area contributed by atoms with E-state index in [4.69, 9.17) is 31.0 Å². The van der Waals surface area contributed by atoms with Crippen LogP contribution >= 0.6 is 15.2 Å². The Bertz CT molecular complexity index is 411. The van der Waals surface area contributed by atoms with Gasteiger partial charge in [0.05, 0.1) is 12.1 Å². The van der Waals surface area contributed by atoms with Gasteiger partial charge in [0.2, 0.25) is 5.91 Å². The predicted octanol–water partition coefficient (Wildman–Crippen LogP) is -2.49. The fraction of sp³-hybridized carbons (Fsp3) is 0.875. The van der Waals surface area contributed by atoms with E-state index < -0.39 is 45.8 Å². The zero-order valence-corrected chi connectivity index (χ0v) is 12.9. The molecule has 9 N–H and O–H groups in total. The van der Waals surface area contributed by atoms with Crippen LogP contribution in [0.1, 0.15) is 12.8 Å². The van der Waals surface area contributed by atoms with Gasteiger partial charge in [0.1, 0.15) is 12.6 Å². The molecule has 13 heteroatoms. The van der Waals surface area contributed by atoms with Gasteiger partial charge in [0.25, 0.3) is 0 Å². The van der Waals surface area contributed by atoms with Crippen molar-refractivity contribution >= 4 is 21.1 Å². The average molecular weight is 349 g/mol. The van der Waals surface area contributed by atoms with Crippen LogP contribution < -0.4 is 11.5 Å². The first-order chi connectivity index (χ1) is 9.35. The summed E-state index contributed by atoms with van der Waals surface area (Å²) in [6.07, 6.45) is -3.16. The van der Waals surface area contributed by atoms with Gasteiger partial charge in [0.15, 0.2) is 0 Å². The summed E-state index contributed by atoms with van der Waals surface area (Å²) in [5.74, 6) is -1.02. The first-order valence-electron chi connectivity index (χ1n) is 5.87. The van der Waals surface area contributed by atoms with Gasteiger partial charge in [-0.2, -0.15) is 0 Å². The lowest BCUT2D eigenvalue weighted by Crippen LogP contribution is -2.45. The molecule has 0 aromatic heterocycles. The van der Waals surface area contributed by atoms with Gasteiger partial charge >= 0.3 is 15.2 Å². The van der Waals surface area contributed by atoms with E-state index in [0.29, 0.717) is 4.90 Å². The Morgan fingerprint density at radius 2 is 1.48 bits per heavy atom. The number of carbonyl (C=O) groups is 1. The van der Waals surface area contributed by atoms with E-state index in [-0.39, 0.29) is 19.4 Å². The molecule has 0 spiro atoms. The van der Waals surface area contributed by atoms with E-state index >= 15 is 0 Å².